The number of nitrogens with one attached hydrogen (secondary N) is 1. The van der Waals surface area contributed by atoms with Crippen LogP contribution in [-0.4, -0.2) is 36.3 Å². The van der Waals surface area contributed by atoms with E-state index in [0.717, 1.165) is 23.0 Å². The minimum atomic E-state index is -0.703. The summed E-state index contributed by atoms with van der Waals surface area (Å²) in [6.45, 7) is 6.24. The quantitative estimate of drug-likeness (QED) is 0.415. The van der Waals surface area contributed by atoms with Crippen molar-refractivity contribution in [2.24, 2.45) is 0 Å². The number of hydrogen-bond acceptors (Lipinski definition) is 6. The molecule has 0 radical (unpaired) electrons. The molecule has 1 aliphatic heterocycles. The highest BCUT2D eigenvalue weighted by molar-refractivity contribution is 5.98. The number of rotatable bonds is 4. The molecule has 1 aliphatic rings. The van der Waals surface area contributed by atoms with Gasteiger partial charge in [0.15, 0.2) is 0 Å². The van der Waals surface area contributed by atoms with Gasteiger partial charge in [-0.15, -0.1) is 0 Å². The molecule has 1 saturated heterocycles. The summed E-state index contributed by atoms with van der Waals surface area (Å²) >= 11 is 0. The van der Waals surface area contributed by atoms with Crippen LogP contribution in [0, 0.1) is 36.8 Å². The second-order valence-corrected chi connectivity index (χ2v) is 8.48. The van der Waals surface area contributed by atoms with E-state index in [9.17, 15) is 9.65 Å². The molecular weight excluding hydrogens is 448 g/mol. The number of benzene rings is 2. The van der Waals surface area contributed by atoms with E-state index in [-0.39, 0.29) is 10.9 Å². The highest BCUT2D eigenvalue weighted by Crippen LogP contribution is 2.38. The number of pyridine rings is 2. The summed E-state index contributed by atoms with van der Waals surface area (Å²) in [4.78, 5) is 11.1. The fraction of sp³-hybridized carbons (Fsp3) is 0.222. The van der Waals surface area contributed by atoms with Gasteiger partial charge >= 0.3 is 0 Å². The molecule has 2 aromatic carbocycles. The van der Waals surface area contributed by atoms with Gasteiger partial charge in [0.25, 0.3) is 0 Å². The number of nitrogens with zero attached hydrogens (tertiary/aromatic N) is 4. The molecule has 0 saturated carbocycles. The molecule has 5 rings (SSSR count). The Balaban J connectivity index is 1.70. The zero-order chi connectivity index (χ0) is 24.5. The molecule has 2 aromatic heterocycles. The standard InChI is InChI=1S/C27H23F2N5O/c1-16-11-18(15-30)24(34-7-9-35-10-8-34)14-22(16)32-27-17(2)26(21-5-3-4-6-31-21)33-23-13-19(28)12-20(29)25(23)27/h3-6,11-14H,7-10H2,1-2H3,(H,32,33). The Hall–Kier alpha value is -4.09. The largest absolute Gasteiger partial charge is 0.378 e. The maximum absolute atomic E-state index is 15.1. The molecule has 0 spiro atoms. The Kier molecular flexibility index (Phi) is 6.01. The molecule has 1 N–H and O–H groups in total. The molecule has 0 atom stereocenters. The molecule has 35 heavy (non-hydrogen) atoms. The predicted molar refractivity (Wildman–Crippen MR) is 132 cm³/mol. The highest BCUT2D eigenvalue weighted by Gasteiger charge is 2.21. The van der Waals surface area contributed by atoms with Crippen LogP contribution < -0.4 is 10.2 Å². The van der Waals surface area contributed by atoms with E-state index in [0.29, 0.717) is 54.5 Å². The molecule has 0 amide bonds. The topological polar surface area (TPSA) is 74.1 Å². The number of halogens is 2. The van der Waals surface area contributed by atoms with Gasteiger partial charge < -0.3 is 15.0 Å². The number of hydrogen-bond donors (Lipinski definition) is 1. The smallest absolute Gasteiger partial charge is 0.137 e. The summed E-state index contributed by atoms with van der Waals surface area (Å²) in [6, 6.07) is 13.5. The van der Waals surface area contributed by atoms with Crippen molar-refractivity contribution in [3.8, 4) is 17.5 Å². The van der Waals surface area contributed by atoms with Gasteiger partial charge in [-0.1, -0.05) is 6.07 Å². The molecular formula is C27H23F2N5O. The molecule has 176 valence electrons. The van der Waals surface area contributed by atoms with Gasteiger partial charge in [0.2, 0.25) is 0 Å². The maximum atomic E-state index is 15.1. The normalized spacial score (nSPS) is 13.6. The first-order valence-corrected chi connectivity index (χ1v) is 11.3. The van der Waals surface area contributed by atoms with Crippen molar-refractivity contribution in [3.63, 3.8) is 0 Å². The number of aryl methyl sites for hydroxylation is 1. The molecule has 8 heteroatoms. The van der Waals surface area contributed by atoms with Crippen LogP contribution >= 0.6 is 0 Å². The van der Waals surface area contributed by atoms with Crippen molar-refractivity contribution in [2.75, 3.05) is 36.5 Å². The second kappa shape index (κ2) is 9.28. The van der Waals surface area contributed by atoms with Gasteiger partial charge in [-0.3, -0.25) is 4.98 Å². The SMILES string of the molecule is Cc1cc(C#N)c(N2CCOCC2)cc1Nc1c(C)c(-c2ccccn2)nc2cc(F)cc(F)c12. The predicted octanol–water partition coefficient (Wildman–Crippen LogP) is 5.64. The van der Waals surface area contributed by atoms with Crippen LogP contribution in [0.1, 0.15) is 16.7 Å². The van der Waals surface area contributed by atoms with Gasteiger partial charge in [-0.2, -0.15) is 5.26 Å². The molecule has 6 nitrogen and oxygen atoms in total. The number of anilines is 3. The van der Waals surface area contributed by atoms with Gasteiger partial charge in [0.1, 0.15) is 17.7 Å². The highest BCUT2D eigenvalue weighted by atomic mass is 19.1. The lowest BCUT2D eigenvalue weighted by Gasteiger charge is -2.30. The van der Waals surface area contributed by atoms with Crippen molar-refractivity contribution < 1.29 is 13.5 Å². The Morgan fingerprint density at radius 3 is 2.60 bits per heavy atom. The van der Waals surface area contributed by atoms with Crippen molar-refractivity contribution in [1.82, 2.24) is 9.97 Å². The molecule has 0 bridgehead atoms. The molecule has 3 heterocycles. The summed E-state index contributed by atoms with van der Waals surface area (Å²) in [6.07, 6.45) is 1.65. The minimum Gasteiger partial charge on any atom is -0.378 e. The second-order valence-electron chi connectivity index (χ2n) is 8.48. The fourth-order valence-electron chi connectivity index (χ4n) is 4.44. The van der Waals surface area contributed by atoms with Crippen molar-refractivity contribution >= 4 is 28.0 Å². The number of aromatic nitrogens is 2. The third-order valence-electron chi connectivity index (χ3n) is 6.23. The summed E-state index contributed by atoms with van der Waals surface area (Å²) in [5.41, 5.74) is 5.38. The first kappa shape index (κ1) is 22.7. The maximum Gasteiger partial charge on any atom is 0.137 e. The van der Waals surface area contributed by atoms with Crippen LogP contribution in [0.2, 0.25) is 0 Å². The summed E-state index contributed by atoms with van der Waals surface area (Å²) in [5, 5.41) is 13.3. The van der Waals surface area contributed by atoms with Crippen LogP contribution in [0.15, 0.2) is 48.7 Å². The lowest BCUT2D eigenvalue weighted by atomic mass is 10.0. The van der Waals surface area contributed by atoms with E-state index >= 15 is 4.39 Å². The van der Waals surface area contributed by atoms with Crippen molar-refractivity contribution in [1.29, 1.82) is 5.26 Å². The van der Waals surface area contributed by atoms with Crippen LogP contribution in [0.25, 0.3) is 22.3 Å². The average Bonchev–Trinajstić information content (AvgIpc) is 2.87. The van der Waals surface area contributed by atoms with Crippen LogP contribution in [0.5, 0.6) is 0 Å². The Morgan fingerprint density at radius 1 is 1.09 bits per heavy atom. The van der Waals surface area contributed by atoms with Gasteiger partial charge in [-0.05, 0) is 43.7 Å². The van der Waals surface area contributed by atoms with E-state index in [1.807, 2.05) is 38.1 Å². The monoisotopic (exact) mass is 471 g/mol. The number of morpholine rings is 1. The van der Waals surface area contributed by atoms with Crippen molar-refractivity contribution in [2.45, 2.75) is 13.8 Å². The average molecular weight is 472 g/mol. The fourth-order valence-corrected chi connectivity index (χ4v) is 4.44. The van der Waals surface area contributed by atoms with E-state index in [1.54, 1.807) is 12.3 Å². The third kappa shape index (κ3) is 4.27. The van der Waals surface area contributed by atoms with E-state index in [1.165, 1.54) is 6.07 Å². The third-order valence-corrected chi connectivity index (χ3v) is 6.23. The van der Waals surface area contributed by atoms with E-state index in [2.05, 4.69) is 26.3 Å². The van der Waals surface area contributed by atoms with Gasteiger partial charge in [0.05, 0.1) is 52.4 Å². The Morgan fingerprint density at radius 2 is 1.89 bits per heavy atom. The first-order chi connectivity index (χ1) is 17.0. The zero-order valence-corrected chi connectivity index (χ0v) is 19.4. The Labute approximate surface area is 201 Å². The zero-order valence-electron chi connectivity index (χ0n) is 19.4. The lowest BCUT2D eigenvalue weighted by Crippen LogP contribution is -2.36. The minimum absolute atomic E-state index is 0.191. The molecule has 4 aromatic rings. The number of nitriles is 1. The van der Waals surface area contributed by atoms with Gasteiger partial charge in [0, 0.05) is 42.7 Å². The van der Waals surface area contributed by atoms with Crippen LogP contribution in [0.3, 0.4) is 0 Å². The number of fused-ring (bicyclic) bond motifs is 1. The summed E-state index contributed by atoms with van der Waals surface area (Å²) in [7, 11) is 0. The lowest BCUT2D eigenvalue weighted by molar-refractivity contribution is 0.122. The molecule has 1 fully saturated rings. The Bertz CT molecular complexity index is 1460. The summed E-state index contributed by atoms with van der Waals surface area (Å²) in [5.74, 6) is -1.40. The van der Waals surface area contributed by atoms with Crippen LogP contribution in [0.4, 0.5) is 25.8 Å². The molecule has 0 unspecified atom stereocenters. The van der Waals surface area contributed by atoms with E-state index < -0.39 is 11.6 Å². The van der Waals surface area contributed by atoms with E-state index in [4.69, 9.17) is 4.74 Å². The van der Waals surface area contributed by atoms with Crippen LogP contribution in [-0.2, 0) is 4.74 Å². The molecule has 0 aliphatic carbocycles. The first-order valence-electron chi connectivity index (χ1n) is 11.3. The van der Waals surface area contributed by atoms with Crippen molar-refractivity contribution in [3.05, 3.63) is 77.0 Å². The summed E-state index contributed by atoms with van der Waals surface area (Å²) < 4.78 is 34.7. The van der Waals surface area contributed by atoms with Gasteiger partial charge in [-0.25, -0.2) is 13.8 Å². The number of ether oxygens (including phenoxy) is 1.